The van der Waals surface area contributed by atoms with E-state index in [0.29, 0.717) is 6.54 Å². The zero-order valence-electron chi connectivity index (χ0n) is 14.2. The van der Waals surface area contributed by atoms with Crippen molar-refractivity contribution in [1.82, 2.24) is 24.8 Å². The number of H-pyrrole nitrogens is 1. The molecule has 2 aromatic rings. The van der Waals surface area contributed by atoms with Crippen LogP contribution in [0.4, 0.5) is 5.82 Å². The zero-order chi connectivity index (χ0) is 16.9. The summed E-state index contributed by atoms with van der Waals surface area (Å²) in [5.41, 5.74) is 0.822. The Morgan fingerprint density at radius 2 is 2.38 bits per heavy atom. The first kappa shape index (κ1) is 16.4. The summed E-state index contributed by atoms with van der Waals surface area (Å²) in [6, 6.07) is 2.17. The van der Waals surface area contributed by atoms with Gasteiger partial charge in [-0.3, -0.25) is 4.79 Å². The molecule has 7 heteroatoms. The molecule has 0 bridgehead atoms. The number of anilines is 1. The number of hydrogen-bond donors (Lipinski definition) is 2. The Hall–Kier alpha value is -2.41. The molecule has 0 unspecified atom stereocenters. The van der Waals surface area contributed by atoms with Crippen LogP contribution in [0.2, 0.25) is 0 Å². The van der Waals surface area contributed by atoms with E-state index in [2.05, 4.69) is 20.3 Å². The second-order valence-corrected chi connectivity index (χ2v) is 6.39. The van der Waals surface area contributed by atoms with Gasteiger partial charge in [-0.15, -0.1) is 0 Å². The number of piperidine rings is 1. The smallest absolute Gasteiger partial charge is 0.246 e. The van der Waals surface area contributed by atoms with Gasteiger partial charge in [-0.05, 0) is 33.0 Å². The average molecular weight is 328 g/mol. The Bertz CT molecular complexity index is 723. The third kappa shape index (κ3) is 3.91. The lowest BCUT2D eigenvalue weighted by molar-refractivity contribution is -0.127. The molecule has 24 heavy (non-hydrogen) atoms. The highest BCUT2D eigenvalue weighted by atomic mass is 16.2. The minimum Gasteiger partial charge on any atom is -0.365 e. The number of aromatic nitrogens is 3. The molecule has 7 nitrogen and oxygen atoms in total. The molecule has 2 N–H and O–H groups in total. The molecule has 0 spiro atoms. The van der Waals surface area contributed by atoms with Gasteiger partial charge in [0.2, 0.25) is 5.91 Å². The summed E-state index contributed by atoms with van der Waals surface area (Å²) >= 11 is 0. The number of likely N-dealkylation sites (N-methyl/N-ethyl adjacent to an activating group) is 1. The lowest BCUT2D eigenvalue weighted by Crippen LogP contribution is -2.44. The maximum absolute atomic E-state index is 12.3. The minimum atomic E-state index is 0.0813. The van der Waals surface area contributed by atoms with Crippen LogP contribution in [0.25, 0.3) is 11.0 Å². The Balaban J connectivity index is 1.62. The van der Waals surface area contributed by atoms with E-state index in [1.54, 1.807) is 12.4 Å². The molecule has 1 aliphatic rings. The summed E-state index contributed by atoms with van der Waals surface area (Å²) in [6.07, 6.45) is 9.02. The Morgan fingerprint density at radius 3 is 3.21 bits per heavy atom. The number of likely N-dealkylation sites (tertiary alicyclic amines) is 1. The number of fused-ring (bicyclic) bond motifs is 1. The van der Waals surface area contributed by atoms with Gasteiger partial charge in [0.1, 0.15) is 17.8 Å². The third-order valence-corrected chi connectivity index (χ3v) is 4.16. The standard InChI is InChI=1S/C17H24N6O/c1-22(2)9-4-6-15(24)23-10-3-5-13(11-23)21-17-14-7-8-18-16(14)19-12-20-17/h4,6-8,12-13H,3,5,9-11H2,1-2H3,(H2,18,19,20,21)/t13-/m0/s1. The summed E-state index contributed by atoms with van der Waals surface area (Å²) < 4.78 is 0. The van der Waals surface area contributed by atoms with Gasteiger partial charge in [-0.2, -0.15) is 0 Å². The highest BCUT2D eigenvalue weighted by molar-refractivity contribution is 5.88. The molecule has 1 amide bonds. The highest BCUT2D eigenvalue weighted by Gasteiger charge is 2.23. The van der Waals surface area contributed by atoms with Crippen LogP contribution in [0.5, 0.6) is 0 Å². The zero-order valence-corrected chi connectivity index (χ0v) is 14.2. The van der Waals surface area contributed by atoms with Crippen LogP contribution in [-0.4, -0.2) is 70.4 Å². The van der Waals surface area contributed by atoms with Crippen molar-refractivity contribution in [2.24, 2.45) is 0 Å². The van der Waals surface area contributed by atoms with E-state index in [0.717, 1.165) is 42.8 Å². The molecule has 128 valence electrons. The molecule has 0 radical (unpaired) electrons. The fourth-order valence-electron chi connectivity index (χ4n) is 2.95. The molecule has 1 aliphatic heterocycles. The maximum Gasteiger partial charge on any atom is 0.246 e. The van der Waals surface area contributed by atoms with Crippen LogP contribution in [-0.2, 0) is 4.79 Å². The quantitative estimate of drug-likeness (QED) is 0.813. The second-order valence-electron chi connectivity index (χ2n) is 6.39. The molecule has 2 aromatic heterocycles. The van der Waals surface area contributed by atoms with E-state index >= 15 is 0 Å². The van der Waals surface area contributed by atoms with Crippen molar-refractivity contribution in [1.29, 1.82) is 0 Å². The average Bonchev–Trinajstić information content (AvgIpc) is 3.04. The monoisotopic (exact) mass is 328 g/mol. The Labute approximate surface area is 141 Å². The number of carbonyl (C=O) groups is 1. The molecule has 0 saturated carbocycles. The third-order valence-electron chi connectivity index (χ3n) is 4.16. The first-order valence-electron chi connectivity index (χ1n) is 8.28. The van der Waals surface area contributed by atoms with Crippen LogP contribution < -0.4 is 5.32 Å². The summed E-state index contributed by atoms with van der Waals surface area (Å²) in [4.78, 5) is 27.9. The first-order valence-corrected chi connectivity index (χ1v) is 8.28. The summed E-state index contributed by atoms with van der Waals surface area (Å²) in [6.45, 7) is 2.28. The van der Waals surface area contributed by atoms with E-state index < -0.39 is 0 Å². The van der Waals surface area contributed by atoms with Crippen LogP contribution in [0, 0.1) is 0 Å². The van der Waals surface area contributed by atoms with Gasteiger partial charge in [0, 0.05) is 37.9 Å². The van der Waals surface area contributed by atoms with E-state index in [4.69, 9.17) is 0 Å². The van der Waals surface area contributed by atoms with Crippen molar-refractivity contribution < 1.29 is 4.79 Å². The number of carbonyl (C=O) groups excluding carboxylic acids is 1. The van der Waals surface area contributed by atoms with Crippen LogP contribution in [0.3, 0.4) is 0 Å². The van der Waals surface area contributed by atoms with Gasteiger partial charge in [-0.1, -0.05) is 6.08 Å². The van der Waals surface area contributed by atoms with Crippen molar-refractivity contribution in [3.05, 3.63) is 30.7 Å². The molecular weight excluding hydrogens is 304 g/mol. The molecule has 1 fully saturated rings. The lowest BCUT2D eigenvalue weighted by atomic mass is 10.1. The molecule has 3 heterocycles. The lowest BCUT2D eigenvalue weighted by Gasteiger charge is -2.33. The predicted molar refractivity (Wildman–Crippen MR) is 94.8 cm³/mol. The highest BCUT2D eigenvalue weighted by Crippen LogP contribution is 2.21. The van der Waals surface area contributed by atoms with E-state index in [-0.39, 0.29) is 11.9 Å². The Kier molecular flexibility index (Phi) is 5.10. The number of aromatic amines is 1. The topological polar surface area (TPSA) is 77.2 Å². The fraction of sp³-hybridized carbons (Fsp3) is 0.471. The van der Waals surface area contributed by atoms with Gasteiger partial charge in [-0.25, -0.2) is 9.97 Å². The normalized spacial score (nSPS) is 18.6. The molecule has 0 aliphatic carbocycles. The van der Waals surface area contributed by atoms with Crippen molar-refractivity contribution in [2.45, 2.75) is 18.9 Å². The van der Waals surface area contributed by atoms with Crippen LogP contribution in [0.1, 0.15) is 12.8 Å². The van der Waals surface area contributed by atoms with Crippen LogP contribution >= 0.6 is 0 Å². The Morgan fingerprint density at radius 1 is 1.50 bits per heavy atom. The molecular formula is C17H24N6O. The fourth-order valence-corrected chi connectivity index (χ4v) is 2.95. The molecule has 0 aromatic carbocycles. The molecule has 1 atom stereocenters. The number of amides is 1. The van der Waals surface area contributed by atoms with E-state index in [1.807, 2.05) is 42.2 Å². The van der Waals surface area contributed by atoms with Gasteiger partial charge >= 0.3 is 0 Å². The SMILES string of the molecule is CN(C)CC=CC(=O)N1CCC[C@H](Nc2ncnc3[nH]ccc23)C1. The number of hydrogen-bond acceptors (Lipinski definition) is 5. The number of nitrogens with zero attached hydrogens (tertiary/aromatic N) is 4. The second kappa shape index (κ2) is 7.44. The first-order chi connectivity index (χ1) is 11.6. The number of rotatable bonds is 5. The largest absolute Gasteiger partial charge is 0.365 e. The van der Waals surface area contributed by atoms with Crippen molar-refractivity contribution in [3.63, 3.8) is 0 Å². The van der Waals surface area contributed by atoms with Gasteiger partial charge in [0.05, 0.1) is 5.39 Å². The van der Waals surface area contributed by atoms with E-state index in [1.165, 1.54) is 0 Å². The predicted octanol–water partition coefficient (Wildman–Crippen LogP) is 1.48. The van der Waals surface area contributed by atoms with E-state index in [9.17, 15) is 4.79 Å². The van der Waals surface area contributed by atoms with Crippen molar-refractivity contribution in [2.75, 3.05) is 39.0 Å². The van der Waals surface area contributed by atoms with Crippen molar-refractivity contribution in [3.8, 4) is 0 Å². The summed E-state index contributed by atoms with van der Waals surface area (Å²) in [5.74, 6) is 0.904. The van der Waals surface area contributed by atoms with Crippen molar-refractivity contribution >= 4 is 22.8 Å². The van der Waals surface area contributed by atoms with Gasteiger partial charge in [0.25, 0.3) is 0 Å². The minimum absolute atomic E-state index is 0.0813. The molecule has 3 rings (SSSR count). The van der Waals surface area contributed by atoms with Crippen LogP contribution in [0.15, 0.2) is 30.7 Å². The number of nitrogens with one attached hydrogen (secondary N) is 2. The van der Waals surface area contributed by atoms with Gasteiger partial charge in [0.15, 0.2) is 0 Å². The summed E-state index contributed by atoms with van der Waals surface area (Å²) in [5, 5.41) is 4.45. The molecule has 1 saturated heterocycles. The van der Waals surface area contributed by atoms with Gasteiger partial charge < -0.3 is 20.1 Å². The maximum atomic E-state index is 12.3. The summed E-state index contributed by atoms with van der Waals surface area (Å²) in [7, 11) is 3.97.